The van der Waals surface area contributed by atoms with Gasteiger partial charge >= 0.3 is 5.97 Å². The zero-order valence-corrected chi connectivity index (χ0v) is 9.19. The summed E-state index contributed by atoms with van der Waals surface area (Å²) in [5, 5.41) is 0. The molecule has 70 valence electrons. The first kappa shape index (κ1) is 11.7. The molecule has 1 unspecified atom stereocenters. The molecule has 0 fully saturated rings. The third-order valence-electron chi connectivity index (χ3n) is 1.47. The second kappa shape index (κ2) is 6.23. The predicted molar refractivity (Wildman–Crippen MR) is 53.4 cm³/mol. The van der Waals surface area contributed by atoms with Crippen molar-refractivity contribution in [2.45, 2.75) is 31.5 Å². The molecule has 0 N–H and O–H groups in total. The summed E-state index contributed by atoms with van der Waals surface area (Å²) >= 11 is 3.25. The van der Waals surface area contributed by atoms with Crippen LogP contribution < -0.4 is 0 Å². The first-order valence-electron chi connectivity index (χ1n) is 4.09. The van der Waals surface area contributed by atoms with Crippen molar-refractivity contribution in [2.24, 2.45) is 0 Å². The SMILES string of the molecule is C=C(C(=O)OCCCC)C(C)Br. The van der Waals surface area contributed by atoms with E-state index in [1.54, 1.807) is 0 Å². The summed E-state index contributed by atoms with van der Waals surface area (Å²) < 4.78 is 4.94. The number of esters is 1. The lowest BCUT2D eigenvalue weighted by atomic mass is 10.2. The van der Waals surface area contributed by atoms with E-state index in [2.05, 4.69) is 29.4 Å². The van der Waals surface area contributed by atoms with E-state index in [0.29, 0.717) is 12.2 Å². The first-order chi connectivity index (χ1) is 5.59. The van der Waals surface area contributed by atoms with Gasteiger partial charge in [-0.2, -0.15) is 0 Å². The Morgan fingerprint density at radius 1 is 1.67 bits per heavy atom. The van der Waals surface area contributed by atoms with E-state index in [9.17, 15) is 4.79 Å². The molecule has 0 aromatic carbocycles. The Morgan fingerprint density at radius 3 is 2.67 bits per heavy atom. The normalized spacial score (nSPS) is 12.2. The molecular weight excluding hydrogens is 220 g/mol. The van der Waals surface area contributed by atoms with Gasteiger partial charge in [0.1, 0.15) is 0 Å². The topological polar surface area (TPSA) is 26.3 Å². The quantitative estimate of drug-likeness (QED) is 0.317. The Labute approximate surface area is 82.1 Å². The minimum Gasteiger partial charge on any atom is -0.462 e. The zero-order chi connectivity index (χ0) is 9.56. The standard InChI is InChI=1S/C9H15BrO2/c1-4-5-6-12-9(11)7(2)8(3)10/h8H,2,4-6H2,1,3H3. The van der Waals surface area contributed by atoms with Crippen molar-refractivity contribution in [3.63, 3.8) is 0 Å². The summed E-state index contributed by atoms with van der Waals surface area (Å²) in [5.74, 6) is -0.298. The maximum atomic E-state index is 11.1. The number of carbonyl (C=O) groups excluding carboxylic acids is 1. The van der Waals surface area contributed by atoms with Gasteiger partial charge in [-0.1, -0.05) is 35.9 Å². The predicted octanol–water partition coefficient (Wildman–Crippen LogP) is 2.67. The van der Waals surface area contributed by atoms with E-state index in [4.69, 9.17) is 4.74 Å². The van der Waals surface area contributed by atoms with Crippen molar-refractivity contribution >= 4 is 21.9 Å². The molecule has 2 nitrogen and oxygen atoms in total. The average molecular weight is 235 g/mol. The van der Waals surface area contributed by atoms with Gasteiger partial charge < -0.3 is 4.74 Å². The van der Waals surface area contributed by atoms with Crippen molar-refractivity contribution in [2.75, 3.05) is 6.61 Å². The van der Waals surface area contributed by atoms with Gasteiger partial charge in [-0.25, -0.2) is 4.79 Å². The molecule has 3 heteroatoms. The molecule has 0 heterocycles. The maximum Gasteiger partial charge on any atom is 0.334 e. The maximum absolute atomic E-state index is 11.1. The van der Waals surface area contributed by atoms with E-state index in [0.717, 1.165) is 12.8 Å². The van der Waals surface area contributed by atoms with Crippen molar-refractivity contribution in [1.29, 1.82) is 0 Å². The smallest absolute Gasteiger partial charge is 0.334 e. The molecule has 1 atom stereocenters. The van der Waals surface area contributed by atoms with Crippen molar-refractivity contribution in [3.8, 4) is 0 Å². The molecular formula is C9H15BrO2. The molecule has 0 aliphatic heterocycles. The second-order valence-electron chi connectivity index (χ2n) is 2.63. The number of rotatable bonds is 5. The number of alkyl halides is 1. The molecule has 0 radical (unpaired) electrons. The molecule has 0 amide bonds. The van der Waals surface area contributed by atoms with Crippen LogP contribution in [-0.2, 0) is 9.53 Å². The van der Waals surface area contributed by atoms with E-state index in [-0.39, 0.29) is 10.8 Å². The van der Waals surface area contributed by atoms with Gasteiger partial charge in [-0.05, 0) is 13.3 Å². The van der Waals surface area contributed by atoms with Crippen LogP contribution in [0, 0.1) is 0 Å². The Balaban J connectivity index is 3.65. The Morgan fingerprint density at radius 2 is 2.25 bits per heavy atom. The molecule has 0 rings (SSSR count). The van der Waals surface area contributed by atoms with Crippen molar-refractivity contribution in [3.05, 3.63) is 12.2 Å². The molecule has 0 spiro atoms. The number of ether oxygens (including phenoxy) is 1. The van der Waals surface area contributed by atoms with Crippen LogP contribution >= 0.6 is 15.9 Å². The number of unbranched alkanes of at least 4 members (excludes halogenated alkanes) is 1. The van der Waals surface area contributed by atoms with Crippen LogP contribution in [0.15, 0.2) is 12.2 Å². The van der Waals surface area contributed by atoms with E-state index in [1.807, 2.05) is 6.92 Å². The molecule has 0 bridgehead atoms. The third-order valence-corrected chi connectivity index (χ3v) is 2.03. The number of halogens is 1. The highest BCUT2D eigenvalue weighted by Gasteiger charge is 2.12. The molecule has 12 heavy (non-hydrogen) atoms. The van der Waals surface area contributed by atoms with Gasteiger partial charge in [0, 0.05) is 10.4 Å². The summed E-state index contributed by atoms with van der Waals surface area (Å²) in [6.07, 6.45) is 1.94. The number of hydrogen-bond acceptors (Lipinski definition) is 2. The Hall–Kier alpha value is -0.310. The lowest BCUT2D eigenvalue weighted by Crippen LogP contribution is -2.13. The van der Waals surface area contributed by atoms with Gasteiger partial charge in [0.2, 0.25) is 0 Å². The van der Waals surface area contributed by atoms with Gasteiger partial charge in [0.15, 0.2) is 0 Å². The fourth-order valence-electron chi connectivity index (χ4n) is 0.564. The van der Waals surface area contributed by atoms with Crippen molar-refractivity contribution in [1.82, 2.24) is 0 Å². The van der Waals surface area contributed by atoms with Gasteiger partial charge in [-0.3, -0.25) is 0 Å². The van der Waals surface area contributed by atoms with Crippen LogP contribution in [0.5, 0.6) is 0 Å². The Bertz CT molecular complexity index is 164. The highest BCUT2D eigenvalue weighted by Crippen LogP contribution is 2.10. The summed E-state index contributed by atoms with van der Waals surface area (Å²) in [7, 11) is 0. The molecule has 0 saturated carbocycles. The average Bonchev–Trinajstić information content (AvgIpc) is 2.03. The largest absolute Gasteiger partial charge is 0.462 e. The van der Waals surface area contributed by atoms with Gasteiger partial charge in [-0.15, -0.1) is 0 Å². The minimum atomic E-state index is -0.298. The zero-order valence-electron chi connectivity index (χ0n) is 7.60. The van der Waals surface area contributed by atoms with E-state index < -0.39 is 0 Å². The van der Waals surface area contributed by atoms with Crippen LogP contribution in [0.25, 0.3) is 0 Å². The van der Waals surface area contributed by atoms with Crippen LogP contribution in [0.3, 0.4) is 0 Å². The number of carbonyl (C=O) groups is 1. The van der Waals surface area contributed by atoms with E-state index in [1.165, 1.54) is 0 Å². The van der Waals surface area contributed by atoms with Gasteiger partial charge in [0.05, 0.1) is 6.61 Å². The second-order valence-corrected chi connectivity index (χ2v) is 4.00. The van der Waals surface area contributed by atoms with Crippen LogP contribution in [-0.4, -0.2) is 17.4 Å². The minimum absolute atomic E-state index is 0.00775. The van der Waals surface area contributed by atoms with Crippen LogP contribution in [0.2, 0.25) is 0 Å². The fraction of sp³-hybridized carbons (Fsp3) is 0.667. The summed E-state index contributed by atoms with van der Waals surface area (Å²) in [6, 6.07) is 0. The fourth-order valence-corrected chi connectivity index (χ4v) is 0.751. The summed E-state index contributed by atoms with van der Waals surface area (Å²) in [4.78, 5) is 11.1. The molecule has 0 aromatic rings. The van der Waals surface area contributed by atoms with E-state index >= 15 is 0 Å². The molecule has 0 saturated heterocycles. The molecule has 0 aliphatic carbocycles. The monoisotopic (exact) mass is 234 g/mol. The molecule has 0 aliphatic rings. The number of hydrogen-bond donors (Lipinski definition) is 0. The van der Waals surface area contributed by atoms with Crippen LogP contribution in [0.4, 0.5) is 0 Å². The highest BCUT2D eigenvalue weighted by atomic mass is 79.9. The lowest BCUT2D eigenvalue weighted by molar-refractivity contribution is -0.139. The Kier molecular flexibility index (Phi) is 6.07. The summed E-state index contributed by atoms with van der Waals surface area (Å²) in [6.45, 7) is 8.01. The van der Waals surface area contributed by atoms with Crippen LogP contribution in [0.1, 0.15) is 26.7 Å². The lowest BCUT2D eigenvalue weighted by Gasteiger charge is -2.07. The molecule has 0 aromatic heterocycles. The highest BCUT2D eigenvalue weighted by molar-refractivity contribution is 9.09. The third kappa shape index (κ3) is 4.54. The van der Waals surface area contributed by atoms with Crippen molar-refractivity contribution < 1.29 is 9.53 Å². The van der Waals surface area contributed by atoms with Gasteiger partial charge in [0.25, 0.3) is 0 Å². The first-order valence-corrected chi connectivity index (χ1v) is 5.01. The summed E-state index contributed by atoms with van der Waals surface area (Å²) in [5.41, 5.74) is 0.478.